The number of methoxy groups -OCH3 is 1. The number of allylic oxidation sites excluding steroid dienone is 1. The number of aromatic amines is 1. The maximum absolute atomic E-state index is 12.3. The topological polar surface area (TPSA) is 84.8 Å². The number of ether oxygens (including phenoxy) is 1. The molecule has 3 rings (SSSR count). The van der Waals surface area contributed by atoms with Crippen molar-refractivity contribution in [2.75, 3.05) is 12.4 Å². The van der Waals surface area contributed by atoms with Crippen LogP contribution in [0.15, 0.2) is 36.9 Å². The summed E-state index contributed by atoms with van der Waals surface area (Å²) in [6.45, 7) is 6.16. The molecule has 2 N–H and O–H groups in total. The van der Waals surface area contributed by atoms with E-state index < -0.39 is 0 Å². The molecule has 1 aromatic carbocycles. The molecule has 9 heteroatoms. The van der Waals surface area contributed by atoms with Crippen LogP contribution >= 0.6 is 23.6 Å². The van der Waals surface area contributed by atoms with E-state index in [1.807, 2.05) is 35.8 Å². The Morgan fingerprint density at radius 1 is 1.44 bits per heavy atom. The van der Waals surface area contributed by atoms with Gasteiger partial charge in [0.25, 0.3) is 0 Å². The Bertz CT molecular complexity index is 1020. The Morgan fingerprint density at radius 3 is 2.85 bits per heavy atom. The van der Waals surface area contributed by atoms with E-state index in [-0.39, 0.29) is 12.3 Å². The highest BCUT2D eigenvalue weighted by atomic mass is 32.1. The van der Waals surface area contributed by atoms with Crippen LogP contribution < -0.4 is 10.1 Å². The number of carbonyl (C=O) groups excluding carboxylic acids is 1. The highest BCUT2D eigenvalue weighted by Crippen LogP contribution is 2.31. The van der Waals surface area contributed by atoms with Crippen molar-refractivity contribution in [1.82, 2.24) is 19.7 Å². The number of aryl methyl sites for hydroxylation is 1. The third-order valence-electron chi connectivity index (χ3n) is 3.84. The number of benzene rings is 1. The summed E-state index contributed by atoms with van der Waals surface area (Å²) >= 11 is 6.62. The molecular formula is C18H19N5O2S2. The summed E-state index contributed by atoms with van der Waals surface area (Å²) < 4.78 is 7.48. The minimum absolute atomic E-state index is 0.134. The van der Waals surface area contributed by atoms with Crippen molar-refractivity contribution in [1.29, 1.82) is 0 Å². The number of amides is 1. The minimum Gasteiger partial charge on any atom is -0.497 e. The van der Waals surface area contributed by atoms with E-state index in [4.69, 9.17) is 17.0 Å². The van der Waals surface area contributed by atoms with Crippen LogP contribution in [0.4, 0.5) is 5.13 Å². The molecule has 7 nitrogen and oxygen atoms in total. The van der Waals surface area contributed by atoms with Crippen molar-refractivity contribution in [3.8, 4) is 16.5 Å². The van der Waals surface area contributed by atoms with Gasteiger partial charge in [-0.2, -0.15) is 5.10 Å². The van der Waals surface area contributed by atoms with E-state index in [2.05, 4.69) is 27.1 Å². The maximum Gasteiger partial charge on any atom is 0.230 e. The number of hydrogen-bond donors (Lipinski definition) is 2. The Kier molecular flexibility index (Phi) is 5.82. The van der Waals surface area contributed by atoms with E-state index >= 15 is 0 Å². The maximum atomic E-state index is 12.3. The van der Waals surface area contributed by atoms with Crippen molar-refractivity contribution in [2.45, 2.75) is 19.9 Å². The van der Waals surface area contributed by atoms with Crippen molar-refractivity contribution in [3.05, 3.63) is 52.9 Å². The van der Waals surface area contributed by atoms with Crippen LogP contribution in [-0.2, 0) is 17.8 Å². The SMILES string of the molecule is C=CCn1c(-c2sc(NC(=O)Cc3ccc(OC)cc3)nc2C)n[nH]c1=S. The lowest BCUT2D eigenvalue weighted by Crippen LogP contribution is -2.14. The van der Waals surface area contributed by atoms with Gasteiger partial charge in [-0.25, -0.2) is 4.98 Å². The summed E-state index contributed by atoms with van der Waals surface area (Å²) in [5, 5.41) is 10.5. The first-order valence-electron chi connectivity index (χ1n) is 8.18. The highest BCUT2D eigenvalue weighted by molar-refractivity contribution is 7.71. The van der Waals surface area contributed by atoms with Gasteiger partial charge in [-0.1, -0.05) is 29.5 Å². The third kappa shape index (κ3) is 4.32. The fourth-order valence-electron chi connectivity index (χ4n) is 2.54. The third-order valence-corrected chi connectivity index (χ3v) is 5.22. The van der Waals surface area contributed by atoms with Crippen LogP contribution in [0, 0.1) is 11.7 Å². The average molecular weight is 402 g/mol. The van der Waals surface area contributed by atoms with Crippen LogP contribution in [0.2, 0.25) is 0 Å². The largest absolute Gasteiger partial charge is 0.497 e. The summed E-state index contributed by atoms with van der Waals surface area (Å²) in [4.78, 5) is 17.6. The smallest absolute Gasteiger partial charge is 0.230 e. The molecular weight excluding hydrogens is 382 g/mol. The number of anilines is 1. The van der Waals surface area contributed by atoms with Gasteiger partial charge in [0, 0.05) is 6.54 Å². The van der Waals surface area contributed by atoms with Crippen molar-refractivity contribution >= 4 is 34.6 Å². The van der Waals surface area contributed by atoms with E-state index in [0.717, 1.165) is 21.9 Å². The second-order valence-corrected chi connectivity index (χ2v) is 7.14. The molecule has 0 atom stereocenters. The number of hydrogen-bond acceptors (Lipinski definition) is 6. The van der Waals surface area contributed by atoms with Crippen LogP contribution in [0.1, 0.15) is 11.3 Å². The Balaban J connectivity index is 1.75. The minimum atomic E-state index is -0.134. The second-order valence-electron chi connectivity index (χ2n) is 5.76. The lowest BCUT2D eigenvalue weighted by Gasteiger charge is -2.03. The van der Waals surface area contributed by atoms with Gasteiger partial charge in [-0.05, 0) is 36.8 Å². The first kappa shape index (κ1) is 19.0. The number of rotatable bonds is 7. The Morgan fingerprint density at radius 2 is 2.19 bits per heavy atom. The number of nitrogens with zero attached hydrogens (tertiary/aromatic N) is 3. The van der Waals surface area contributed by atoms with Gasteiger partial charge < -0.3 is 10.1 Å². The van der Waals surface area contributed by atoms with Gasteiger partial charge in [0.1, 0.15) is 5.75 Å². The number of nitrogens with one attached hydrogen (secondary N) is 2. The van der Waals surface area contributed by atoms with Crippen LogP contribution in [-0.4, -0.2) is 32.8 Å². The molecule has 0 saturated carbocycles. The van der Waals surface area contributed by atoms with Crippen LogP contribution in [0.3, 0.4) is 0 Å². The van der Waals surface area contributed by atoms with Gasteiger partial charge >= 0.3 is 0 Å². The van der Waals surface area contributed by atoms with E-state index in [1.54, 1.807) is 13.2 Å². The molecule has 0 aliphatic carbocycles. The number of thiazole rings is 1. The summed E-state index contributed by atoms with van der Waals surface area (Å²) in [5.41, 5.74) is 1.67. The zero-order valence-corrected chi connectivity index (χ0v) is 16.6. The predicted molar refractivity (Wildman–Crippen MR) is 109 cm³/mol. The van der Waals surface area contributed by atoms with Gasteiger partial charge in [0.15, 0.2) is 15.7 Å². The van der Waals surface area contributed by atoms with Gasteiger partial charge in [0.2, 0.25) is 5.91 Å². The van der Waals surface area contributed by atoms with E-state index in [9.17, 15) is 4.79 Å². The Labute approximate surface area is 165 Å². The fourth-order valence-corrected chi connectivity index (χ4v) is 3.73. The van der Waals surface area contributed by atoms with E-state index in [1.165, 1.54) is 11.3 Å². The molecule has 27 heavy (non-hydrogen) atoms. The summed E-state index contributed by atoms with van der Waals surface area (Å²) in [6.07, 6.45) is 2.01. The molecule has 0 spiro atoms. The molecule has 0 bridgehead atoms. The molecule has 0 unspecified atom stereocenters. The van der Waals surface area contributed by atoms with Gasteiger partial charge in [-0.15, -0.1) is 6.58 Å². The molecule has 140 valence electrons. The van der Waals surface area contributed by atoms with Crippen LogP contribution in [0.25, 0.3) is 10.7 Å². The van der Waals surface area contributed by atoms with Crippen molar-refractivity contribution in [2.24, 2.45) is 0 Å². The summed E-state index contributed by atoms with van der Waals surface area (Å²) in [7, 11) is 1.61. The van der Waals surface area contributed by atoms with Crippen LogP contribution in [0.5, 0.6) is 5.75 Å². The monoisotopic (exact) mass is 401 g/mol. The standard InChI is InChI=1S/C18H19N5O2S2/c1-4-9-23-16(21-22-18(23)26)15-11(2)19-17(27-15)20-14(24)10-12-5-7-13(25-3)8-6-12/h4-8H,1,9-10H2,2-3H3,(H,22,26)(H,19,20,24). The molecule has 2 aromatic heterocycles. The van der Waals surface area contributed by atoms with Gasteiger partial charge in [-0.3, -0.25) is 14.5 Å². The summed E-state index contributed by atoms with van der Waals surface area (Å²) in [5.74, 6) is 1.31. The first-order chi connectivity index (χ1) is 13.0. The zero-order chi connectivity index (χ0) is 19.4. The lowest BCUT2D eigenvalue weighted by atomic mass is 10.1. The molecule has 0 aliphatic heterocycles. The van der Waals surface area contributed by atoms with Crippen molar-refractivity contribution in [3.63, 3.8) is 0 Å². The summed E-state index contributed by atoms with van der Waals surface area (Å²) in [6, 6.07) is 7.39. The zero-order valence-electron chi connectivity index (χ0n) is 15.0. The molecule has 0 radical (unpaired) electrons. The number of aromatic nitrogens is 4. The molecule has 0 saturated heterocycles. The molecule has 1 amide bonds. The predicted octanol–water partition coefficient (Wildman–Crippen LogP) is 3.75. The fraction of sp³-hybridized carbons (Fsp3) is 0.222. The Hall–Kier alpha value is -2.78. The second kappa shape index (κ2) is 8.28. The first-order valence-corrected chi connectivity index (χ1v) is 9.41. The number of carbonyl (C=O) groups is 1. The quantitative estimate of drug-likeness (QED) is 0.465. The van der Waals surface area contributed by atoms with E-state index in [0.29, 0.717) is 22.3 Å². The number of H-pyrrole nitrogens is 1. The molecule has 2 heterocycles. The molecule has 0 fully saturated rings. The lowest BCUT2D eigenvalue weighted by molar-refractivity contribution is -0.115. The van der Waals surface area contributed by atoms with Crippen molar-refractivity contribution < 1.29 is 9.53 Å². The normalized spacial score (nSPS) is 10.6. The molecule has 3 aromatic rings. The highest BCUT2D eigenvalue weighted by Gasteiger charge is 2.17. The molecule has 0 aliphatic rings. The average Bonchev–Trinajstić information content (AvgIpc) is 3.18. The van der Waals surface area contributed by atoms with Gasteiger partial charge in [0.05, 0.1) is 24.1 Å².